The number of imide groups is 1. The van der Waals surface area contributed by atoms with Gasteiger partial charge in [0.2, 0.25) is 11.8 Å². The van der Waals surface area contributed by atoms with E-state index in [-0.39, 0.29) is 49.1 Å². The lowest BCUT2D eigenvalue weighted by Crippen LogP contribution is -2.33. The molecule has 0 aromatic heterocycles. The van der Waals surface area contributed by atoms with Crippen LogP contribution in [0.3, 0.4) is 0 Å². The van der Waals surface area contributed by atoms with Gasteiger partial charge in [0.25, 0.3) is 0 Å². The first-order valence-corrected chi connectivity index (χ1v) is 5.82. The van der Waals surface area contributed by atoms with E-state index in [0.29, 0.717) is 6.29 Å². The van der Waals surface area contributed by atoms with Crippen molar-refractivity contribution in [1.82, 2.24) is 4.90 Å². The van der Waals surface area contributed by atoms with Crippen LogP contribution in [0.2, 0.25) is 0 Å². The van der Waals surface area contributed by atoms with E-state index < -0.39 is 5.82 Å². The van der Waals surface area contributed by atoms with Crippen molar-refractivity contribution in [2.24, 2.45) is 0 Å². The molecule has 1 aromatic carbocycles. The summed E-state index contributed by atoms with van der Waals surface area (Å²) < 4.78 is 18.6. The molecule has 5 nitrogen and oxygen atoms in total. The lowest BCUT2D eigenvalue weighted by molar-refractivity contribution is -0.138. The Morgan fingerprint density at radius 3 is 2.53 bits per heavy atom. The van der Waals surface area contributed by atoms with Crippen molar-refractivity contribution in [3.05, 3.63) is 29.6 Å². The van der Waals surface area contributed by atoms with E-state index in [9.17, 15) is 18.8 Å². The van der Waals surface area contributed by atoms with Crippen LogP contribution in [0.1, 0.15) is 23.2 Å². The summed E-state index contributed by atoms with van der Waals surface area (Å²) in [5, 5.41) is 0. The number of ether oxygens (including phenoxy) is 1. The van der Waals surface area contributed by atoms with E-state index in [0.717, 1.165) is 11.0 Å². The van der Waals surface area contributed by atoms with Crippen LogP contribution in [-0.4, -0.2) is 36.2 Å². The first-order chi connectivity index (χ1) is 9.11. The van der Waals surface area contributed by atoms with Gasteiger partial charge in [-0.2, -0.15) is 0 Å². The quantitative estimate of drug-likeness (QED) is 0.592. The van der Waals surface area contributed by atoms with Crippen LogP contribution in [0.5, 0.6) is 5.75 Å². The highest BCUT2D eigenvalue weighted by atomic mass is 19.1. The van der Waals surface area contributed by atoms with Gasteiger partial charge in [-0.15, -0.1) is 0 Å². The van der Waals surface area contributed by atoms with Gasteiger partial charge in [0.15, 0.2) is 11.6 Å². The van der Waals surface area contributed by atoms with Crippen molar-refractivity contribution in [2.45, 2.75) is 12.8 Å². The minimum absolute atomic E-state index is 0.00954. The molecule has 1 fully saturated rings. The zero-order valence-electron chi connectivity index (χ0n) is 10.1. The molecule has 0 aliphatic carbocycles. The number of halogens is 1. The van der Waals surface area contributed by atoms with Crippen molar-refractivity contribution < 1.29 is 23.5 Å². The summed E-state index contributed by atoms with van der Waals surface area (Å²) in [6.45, 7) is 0.126. The second kappa shape index (κ2) is 5.60. The van der Waals surface area contributed by atoms with E-state index in [2.05, 4.69) is 0 Å². The van der Waals surface area contributed by atoms with Crippen LogP contribution in [0.25, 0.3) is 0 Å². The molecule has 1 saturated heterocycles. The van der Waals surface area contributed by atoms with Crippen molar-refractivity contribution in [3.8, 4) is 5.75 Å². The second-order valence-electron chi connectivity index (χ2n) is 4.10. The molecule has 0 atom stereocenters. The third-order valence-electron chi connectivity index (χ3n) is 2.82. The van der Waals surface area contributed by atoms with Gasteiger partial charge in [-0.05, 0) is 18.2 Å². The third kappa shape index (κ3) is 2.96. The molecule has 0 radical (unpaired) electrons. The van der Waals surface area contributed by atoms with Crippen LogP contribution in [0.15, 0.2) is 18.2 Å². The average Bonchev–Trinajstić information content (AvgIpc) is 2.72. The van der Waals surface area contributed by atoms with Gasteiger partial charge in [0.05, 0.1) is 6.54 Å². The lowest BCUT2D eigenvalue weighted by Gasteiger charge is -2.14. The number of rotatable bonds is 5. The summed E-state index contributed by atoms with van der Waals surface area (Å²) in [5.74, 6) is -1.12. The second-order valence-corrected chi connectivity index (χ2v) is 4.10. The highest BCUT2D eigenvalue weighted by molar-refractivity contribution is 6.01. The van der Waals surface area contributed by atoms with Crippen LogP contribution in [0, 0.1) is 5.82 Å². The topological polar surface area (TPSA) is 63.7 Å². The van der Waals surface area contributed by atoms with E-state index in [1.54, 1.807) is 0 Å². The predicted octanol–water partition coefficient (Wildman–Crippen LogP) is 1.17. The summed E-state index contributed by atoms with van der Waals surface area (Å²) in [7, 11) is 0. The fourth-order valence-corrected chi connectivity index (χ4v) is 1.83. The number of benzene rings is 1. The highest BCUT2D eigenvalue weighted by Crippen LogP contribution is 2.18. The Kier molecular flexibility index (Phi) is 3.89. The molecule has 2 amide bonds. The number of nitrogens with zero attached hydrogens (tertiary/aromatic N) is 1. The zero-order chi connectivity index (χ0) is 13.8. The first-order valence-electron chi connectivity index (χ1n) is 5.82. The lowest BCUT2D eigenvalue weighted by atomic mass is 10.2. The Morgan fingerprint density at radius 2 is 1.95 bits per heavy atom. The van der Waals surface area contributed by atoms with Gasteiger partial charge < -0.3 is 4.74 Å². The molecular weight excluding hydrogens is 253 g/mol. The van der Waals surface area contributed by atoms with E-state index in [4.69, 9.17) is 4.74 Å². The summed E-state index contributed by atoms with van der Waals surface area (Å²) >= 11 is 0. The molecule has 1 aliphatic rings. The summed E-state index contributed by atoms with van der Waals surface area (Å²) in [6.07, 6.45) is 0.983. The van der Waals surface area contributed by atoms with E-state index in [1.165, 1.54) is 12.1 Å². The Bertz CT molecular complexity index is 513. The molecule has 0 saturated carbocycles. The molecule has 100 valence electrons. The molecule has 19 heavy (non-hydrogen) atoms. The Hall–Kier alpha value is -2.24. The maximum absolute atomic E-state index is 13.5. The molecule has 2 rings (SSSR count). The minimum Gasteiger partial charge on any atom is -0.489 e. The van der Waals surface area contributed by atoms with Gasteiger partial charge in [0.1, 0.15) is 12.9 Å². The molecule has 0 spiro atoms. The van der Waals surface area contributed by atoms with Crippen molar-refractivity contribution in [2.75, 3.05) is 13.2 Å². The maximum Gasteiger partial charge on any atom is 0.229 e. The van der Waals surface area contributed by atoms with Gasteiger partial charge in [-0.3, -0.25) is 19.3 Å². The summed E-state index contributed by atoms with van der Waals surface area (Å²) in [6, 6.07) is 3.83. The third-order valence-corrected chi connectivity index (χ3v) is 2.82. The van der Waals surface area contributed by atoms with Gasteiger partial charge in [-0.25, -0.2) is 4.39 Å². The van der Waals surface area contributed by atoms with E-state index in [1.807, 2.05) is 0 Å². The molecule has 0 unspecified atom stereocenters. The maximum atomic E-state index is 13.5. The normalized spacial score (nSPS) is 14.9. The highest BCUT2D eigenvalue weighted by Gasteiger charge is 2.28. The van der Waals surface area contributed by atoms with Crippen LogP contribution < -0.4 is 4.74 Å². The Labute approximate surface area is 109 Å². The van der Waals surface area contributed by atoms with Crippen molar-refractivity contribution >= 4 is 18.1 Å². The fraction of sp³-hybridized carbons (Fsp3) is 0.308. The Balaban J connectivity index is 1.91. The SMILES string of the molecule is O=Cc1ccc(OCCN2C(=O)CCC2=O)c(F)c1. The smallest absolute Gasteiger partial charge is 0.229 e. The largest absolute Gasteiger partial charge is 0.489 e. The van der Waals surface area contributed by atoms with Crippen molar-refractivity contribution in [3.63, 3.8) is 0 Å². The minimum atomic E-state index is -0.649. The van der Waals surface area contributed by atoms with Gasteiger partial charge in [0, 0.05) is 18.4 Å². The Morgan fingerprint density at radius 1 is 1.26 bits per heavy atom. The van der Waals surface area contributed by atoms with Crippen LogP contribution in [-0.2, 0) is 9.59 Å². The standard InChI is InChI=1S/C13H12FNO4/c14-10-7-9(8-16)1-2-11(10)19-6-5-15-12(17)3-4-13(15)18/h1-2,7-8H,3-6H2. The fourth-order valence-electron chi connectivity index (χ4n) is 1.83. The molecule has 1 aromatic rings. The number of carbonyl (C=O) groups excluding carboxylic acids is 3. The number of hydrogen-bond acceptors (Lipinski definition) is 4. The number of aldehydes is 1. The molecule has 0 N–H and O–H groups in total. The number of likely N-dealkylation sites (tertiary alicyclic amines) is 1. The summed E-state index contributed by atoms with van der Waals surface area (Å²) in [5.41, 5.74) is 0.217. The molecule has 6 heteroatoms. The number of hydrogen-bond donors (Lipinski definition) is 0. The molecule has 1 heterocycles. The predicted molar refractivity (Wildman–Crippen MR) is 63.2 cm³/mol. The molecule has 0 bridgehead atoms. The monoisotopic (exact) mass is 265 g/mol. The zero-order valence-corrected chi connectivity index (χ0v) is 10.1. The van der Waals surface area contributed by atoms with Crippen molar-refractivity contribution in [1.29, 1.82) is 0 Å². The molecule has 1 aliphatic heterocycles. The number of amides is 2. The first kappa shape index (κ1) is 13.2. The average molecular weight is 265 g/mol. The van der Waals surface area contributed by atoms with E-state index >= 15 is 0 Å². The van der Waals surface area contributed by atoms with Crippen LogP contribution in [0.4, 0.5) is 4.39 Å². The summed E-state index contributed by atoms with van der Waals surface area (Å²) in [4.78, 5) is 34.2. The molecular formula is C13H12FNO4. The van der Waals surface area contributed by atoms with Crippen LogP contribution >= 0.6 is 0 Å². The number of carbonyl (C=O) groups is 3. The van der Waals surface area contributed by atoms with Gasteiger partial charge >= 0.3 is 0 Å². The van der Waals surface area contributed by atoms with Gasteiger partial charge in [-0.1, -0.05) is 0 Å².